The molecule has 0 aliphatic heterocycles. The maximum atomic E-state index is 5.50. The Hall–Kier alpha value is 0.177. The quantitative estimate of drug-likeness (QED) is 0.412. The number of hydrogen-bond acceptors (Lipinski definition) is 1. The van der Waals surface area contributed by atoms with Gasteiger partial charge < -0.3 is 4.74 Å². The van der Waals surface area contributed by atoms with Gasteiger partial charge in [0.2, 0.25) is 0 Å². The van der Waals surface area contributed by atoms with Crippen LogP contribution in [0.1, 0.15) is 39.5 Å². The van der Waals surface area contributed by atoms with Crippen molar-refractivity contribution in [2.75, 3.05) is 13.2 Å². The molecule has 0 aromatic rings. The molecule has 0 fully saturated rings. The van der Waals surface area contributed by atoms with Gasteiger partial charge in [0.15, 0.2) is 0 Å². The molecular weight excluding hydrogens is 188 g/mol. The highest BCUT2D eigenvalue weighted by molar-refractivity contribution is 6.77. The van der Waals surface area contributed by atoms with Gasteiger partial charge in [0.1, 0.15) is 0 Å². The minimum absolute atomic E-state index is 0.864. The van der Waals surface area contributed by atoms with Crippen molar-refractivity contribution in [2.24, 2.45) is 0 Å². The maximum absolute atomic E-state index is 5.50. The van der Waals surface area contributed by atoms with Crippen LogP contribution in [0.15, 0.2) is 0 Å². The van der Waals surface area contributed by atoms with Crippen molar-refractivity contribution < 1.29 is 4.74 Å². The van der Waals surface area contributed by atoms with Crippen molar-refractivity contribution in [1.82, 2.24) is 0 Å². The van der Waals surface area contributed by atoms with Crippen LogP contribution in [-0.4, -0.2) is 21.3 Å². The minimum atomic E-state index is -0.864. The number of hydrogen-bond donors (Lipinski definition) is 0. The summed E-state index contributed by atoms with van der Waals surface area (Å²) in [5, 5.41) is 0. The average Bonchev–Trinajstić information content (AvgIpc) is 2.15. The highest BCUT2D eigenvalue weighted by Crippen LogP contribution is 2.20. The lowest BCUT2D eigenvalue weighted by Gasteiger charge is -2.21. The summed E-state index contributed by atoms with van der Waals surface area (Å²) in [6.45, 7) is 11.4. The zero-order valence-corrected chi connectivity index (χ0v) is 11.6. The second-order valence-electron chi connectivity index (χ2n) is 4.98. The topological polar surface area (TPSA) is 9.23 Å². The Morgan fingerprint density at radius 2 is 1.50 bits per heavy atom. The van der Waals surface area contributed by atoms with Crippen molar-refractivity contribution in [3.05, 3.63) is 0 Å². The highest BCUT2D eigenvalue weighted by Gasteiger charge is 2.18. The first-order valence-corrected chi connectivity index (χ1v) is 9.61. The van der Waals surface area contributed by atoms with E-state index in [1.54, 1.807) is 0 Å². The highest BCUT2D eigenvalue weighted by atomic mass is 28.3. The van der Waals surface area contributed by atoms with Crippen LogP contribution in [0.3, 0.4) is 0 Å². The molecule has 0 amide bonds. The van der Waals surface area contributed by atoms with Crippen LogP contribution < -0.4 is 0 Å². The fraction of sp³-hybridized carbons (Fsp3) is 1.00. The summed E-state index contributed by atoms with van der Waals surface area (Å²) in [7, 11) is -0.864. The van der Waals surface area contributed by atoms with E-state index in [4.69, 9.17) is 4.74 Å². The third kappa shape index (κ3) is 8.76. The van der Waals surface area contributed by atoms with E-state index in [0.29, 0.717) is 0 Å². The van der Waals surface area contributed by atoms with Gasteiger partial charge in [0.25, 0.3) is 0 Å². The molecule has 0 rings (SSSR count). The van der Waals surface area contributed by atoms with Crippen molar-refractivity contribution >= 4 is 8.07 Å². The standard InChI is InChI=1S/C12H28OSi/c1-5-7-11-14(3,4)12-8-10-13-9-6-2/h5-12H2,1-4H3. The van der Waals surface area contributed by atoms with Gasteiger partial charge in [-0.3, -0.25) is 0 Å². The fourth-order valence-electron chi connectivity index (χ4n) is 1.68. The number of rotatable bonds is 9. The van der Waals surface area contributed by atoms with E-state index in [1.807, 2.05) is 0 Å². The first-order valence-electron chi connectivity index (χ1n) is 6.20. The summed E-state index contributed by atoms with van der Waals surface area (Å²) in [5.74, 6) is 0. The van der Waals surface area contributed by atoms with Crippen molar-refractivity contribution in [1.29, 1.82) is 0 Å². The Balaban J connectivity index is 3.35. The molecule has 0 aromatic heterocycles. The van der Waals surface area contributed by atoms with Gasteiger partial charge in [-0.05, 0) is 12.8 Å². The van der Waals surface area contributed by atoms with Crippen molar-refractivity contribution in [2.45, 2.75) is 64.7 Å². The molecule has 0 bridgehead atoms. The van der Waals surface area contributed by atoms with Crippen LogP contribution in [0.4, 0.5) is 0 Å². The van der Waals surface area contributed by atoms with E-state index in [9.17, 15) is 0 Å². The summed E-state index contributed by atoms with van der Waals surface area (Å²) in [5.41, 5.74) is 0. The Morgan fingerprint density at radius 3 is 2.07 bits per heavy atom. The smallest absolute Gasteiger partial charge is 0.0474 e. The molecule has 0 aliphatic rings. The Kier molecular flexibility index (Phi) is 8.59. The molecule has 0 N–H and O–H groups in total. The molecule has 0 atom stereocenters. The monoisotopic (exact) mass is 216 g/mol. The predicted molar refractivity (Wildman–Crippen MR) is 67.7 cm³/mol. The predicted octanol–water partition coefficient (Wildman–Crippen LogP) is 4.31. The molecule has 14 heavy (non-hydrogen) atoms. The Bertz CT molecular complexity index is 123. The third-order valence-corrected chi connectivity index (χ3v) is 6.11. The van der Waals surface area contributed by atoms with Crippen LogP contribution in [0.25, 0.3) is 0 Å². The zero-order valence-electron chi connectivity index (χ0n) is 10.6. The minimum Gasteiger partial charge on any atom is -0.381 e. The van der Waals surface area contributed by atoms with Crippen molar-refractivity contribution in [3.63, 3.8) is 0 Å². The maximum Gasteiger partial charge on any atom is 0.0474 e. The van der Waals surface area contributed by atoms with Gasteiger partial charge >= 0.3 is 0 Å². The van der Waals surface area contributed by atoms with Gasteiger partial charge in [0, 0.05) is 21.3 Å². The number of unbranched alkanes of at least 4 members (excludes halogenated alkanes) is 1. The van der Waals surface area contributed by atoms with E-state index >= 15 is 0 Å². The van der Waals surface area contributed by atoms with Gasteiger partial charge in [-0.2, -0.15) is 0 Å². The summed E-state index contributed by atoms with van der Waals surface area (Å²) in [4.78, 5) is 0. The first-order chi connectivity index (χ1) is 6.62. The van der Waals surface area contributed by atoms with E-state index in [0.717, 1.165) is 19.6 Å². The van der Waals surface area contributed by atoms with Crippen LogP contribution in [0.2, 0.25) is 25.2 Å². The molecule has 0 heterocycles. The molecule has 0 aromatic carbocycles. The zero-order chi connectivity index (χ0) is 10.9. The van der Waals surface area contributed by atoms with Gasteiger partial charge in [-0.25, -0.2) is 0 Å². The van der Waals surface area contributed by atoms with E-state index in [1.165, 1.54) is 31.4 Å². The summed E-state index contributed by atoms with van der Waals surface area (Å²) < 4.78 is 5.50. The molecule has 2 heteroatoms. The summed E-state index contributed by atoms with van der Waals surface area (Å²) in [6, 6.07) is 2.94. The molecular formula is C12H28OSi. The normalized spacial score (nSPS) is 12.0. The third-order valence-electron chi connectivity index (χ3n) is 2.70. The number of ether oxygens (including phenoxy) is 1. The fourth-order valence-corrected chi connectivity index (χ4v) is 4.34. The van der Waals surface area contributed by atoms with Crippen molar-refractivity contribution in [3.8, 4) is 0 Å². The van der Waals surface area contributed by atoms with Gasteiger partial charge in [-0.15, -0.1) is 0 Å². The van der Waals surface area contributed by atoms with Gasteiger partial charge in [-0.1, -0.05) is 51.9 Å². The van der Waals surface area contributed by atoms with Crippen LogP contribution in [0, 0.1) is 0 Å². The first kappa shape index (κ1) is 14.2. The molecule has 0 spiro atoms. The van der Waals surface area contributed by atoms with Crippen LogP contribution >= 0.6 is 0 Å². The molecule has 86 valence electrons. The largest absolute Gasteiger partial charge is 0.381 e. The summed E-state index contributed by atoms with van der Waals surface area (Å²) in [6.07, 6.45) is 5.21. The molecule has 1 nitrogen and oxygen atoms in total. The Morgan fingerprint density at radius 1 is 0.857 bits per heavy atom. The SMILES string of the molecule is CCCC[Si](C)(C)CCCOCCC. The van der Waals surface area contributed by atoms with Gasteiger partial charge in [0.05, 0.1) is 0 Å². The molecule has 0 saturated heterocycles. The Labute approximate surface area is 91.2 Å². The molecule has 0 saturated carbocycles. The average molecular weight is 216 g/mol. The lowest BCUT2D eigenvalue weighted by Crippen LogP contribution is -2.25. The van der Waals surface area contributed by atoms with E-state index in [-0.39, 0.29) is 0 Å². The molecule has 0 radical (unpaired) electrons. The molecule has 0 unspecified atom stereocenters. The lowest BCUT2D eigenvalue weighted by atomic mass is 10.4. The van der Waals surface area contributed by atoms with Crippen LogP contribution in [0.5, 0.6) is 0 Å². The summed E-state index contributed by atoms with van der Waals surface area (Å²) >= 11 is 0. The second-order valence-corrected chi connectivity index (χ2v) is 10.3. The van der Waals surface area contributed by atoms with E-state index < -0.39 is 8.07 Å². The molecule has 0 aliphatic carbocycles. The van der Waals surface area contributed by atoms with E-state index in [2.05, 4.69) is 26.9 Å². The lowest BCUT2D eigenvalue weighted by molar-refractivity contribution is 0.135. The van der Waals surface area contributed by atoms with Crippen LogP contribution in [-0.2, 0) is 4.74 Å². The second kappa shape index (κ2) is 8.48.